The predicted octanol–water partition coefficient (Wildman–Crippen LogP) is 4.63. The maximum absolute atomic E-state index is 13.1. The van der Waals surface area contributed by atoms with Gasteiger partial charge in [-0.05, 0) is 42.1 Å². The van der Waals surface area contributed by atoms with E-state index in [1.165, 1.54) is 17.0 Å². The van der Waals surface area contributed by atoms with Crippen LogP contribution in [0.25, 0.3) is 0 Å². The minimum absolute atomic E-state index is 0.0399. The molecule has 0 aliphatic rings. The Hall–Kier alpha value is -0.900. The highest BCUT2D eigenvalue weighted by molar-refractivity contribution is 7.10. The van der Waals surface area contributed by atoms with Crippen LogP contribution in [0.4, 0.5) is 4.39 Å². The Morgan fingerprint density at radius 2 is 2.22 bits per heavy atom. The van der Waals surface area contributed by atoms with Gasteiger partial charge in [-0.2, -0.15) is 0 Å². The van der Waals surface area contributed by atoms with Gasteiger partial charge in [0.15, 0.2) is 0 Å². The zero-order valence-corrected chi connectivity index (χ0v) is 11.7. The van der Waals surface area contributed by atoms with E-state index in [4.69, 9.17) is 11.6 Å². The molecule has 1 nitrogen and oxygen atoms in total. The van der Waals surface area contributed by atoms with Crippen molar-refractivity contribution in [2.24, 2.45) is 0 Å². The van der Waals surface area contributed by atoms with Crippen molar-refractivity contribution in [3.63, 3.8) is 0 Å². The van der Waals surface area contributed by atoms with E-state index in [1.54, 1.807) is 17.4 Å². The molecule has 0 radical (unpaired) electrons. The van der Waals surface area contributed by atoms with Crippen molar-refractivity contribution in [1.82, 2.24) is 5.32 Å². The summed E-state index contributed by atoms with van der Waals surface area (Å²) in [5, 5.41) is 5.96. The summed E-state index contributed by atoms with van der Waals surface area (Å²) in [6.07, 6.45) is 1.04. The summed E-state index contributed by atoms with van der Waals surface area (Å²) in [5.74, 6) is -0.302. The third-order valence-electron chi connectivity index (χ3n) is 2.70. The molecule has 18 heavy (non-hydrogen) atoms. The Morgan fingerprint density at radius 3 is 2.83 bits per heavy atom. The van der Waals surface area contributed by atoms with Gasteiger partial charge in [0.05, 0.1) is 6.04 Å². The highest BCUT2D eigenvalue weighted by Gasteiger charge is 2.17. The smallest absolute Gasteiger partial charge is 0.124 e. The molecular weight excluding hydrogens is 269 g/mol. The summed E-state index contributed by atoms with van der Waals surface area (Å²) >= 11 is 7.82. The number of thiophene rings is 1. The quantitative estimate of drug-likeness (QED) is 0.844. The molecule has 1 heterocycles. The lowest BCUT2D eigenvalue weighted by molar-refractivity contribution is 0.599. The number of hydrogen-bond donors (Lipinski definition) is 1. The van der Waals surface area contributed by atoms with Crippen LogP contribution in [-0.4, -0.2) is 6.54 Å². The number of nitrogens with one attached hydrogen (secondary N) is 1. The Morgan fingerprint density at radius 1 is 1.39 bits per heavy atom. The Bertz CT molecular complexity index is 499. The molecule has 0 aliphatic carbocycles. The molecule has 1 atom stereocenters. The fourth-order valence-electron chi connectivity index (χ4n) is 1.84. The van der Waals surface area contributed by atoms with Crippen LogP contribution in [-0.2, 0) is 0 Å². The molecule has 0 fully saturated rings. The largest absolute Gasteiger partial charge is 0.306 e. The average molecular weight is 284 g/mol. The van der Waals surface area contributed by atoms with E-state index in [9.17, 15) is 4.39 Å². The molecule has 0 aliphatic heterocycles. The summed E-state index contributed by atoms with van der Waals surface area (Å²) in [5.41, 5.74) is 0.925. The lowest BCUT2D eigenvalue weighted by Crippen LogP contribution is -2.22. The standard InChI is InChI=1S/C14H15ClFNS/c1-2-7-17-14(13-4-3-8-18-13)11-6-5-10(16)9-12(11)15/h3-6,8-9,14,17H,2,7H2,1H3. The Labute approximate surface area is 116 Å². The number of benzene rings is 1. The van der Waals surface area contributed by atoms with Gasteiger partial charge in [-0.15, -0.1) is 11.3 Å². The minimum atomic E-state index is -0.302. The molecule has 2 aromatic rings. The molecular formula is C14H15ClFNS. The van der Waals surface area contributed by atoms with Gasteiger partial charge >= 0.3 is 0 Å². The van der Waals surface area contributed by atoms with Crippen molar-refractivity contribution >= 4 is 22.9 Å². The van der Waals surface area contributed by atoms with Crippen LogP contribution < -0.4 is 5.32 Å². The number of halogens is 2. The van der Waals surface area contributed by atoms with Gasteiger partial charge in [0.1, 0.15) is 5.82 Å². The van der Waals surface area contributed by atoms with Gasteiger partial charge in [0.2, 0.25) is 0 Å². The van der Waals surface area contributed by atoms with Gasteiger partial charge in [0, 0.05) is 9.90 Å². The van der Waals surface area contributed by atoms with Crippen LogP contribution in [0.5, 0.6) is 0 Å². The normalized spacial score (nSPS) is 12.6. The van der Waals surface area contributed by atoms with Crippen molar-refractivity contribution in [1.29, 1.82) is 0 Å². The second-order valence-corrected chi connectivity index (χ2v) is 5.45. The van der Waals surface area contributed by atoms with Crippen LogP contribution in [0.1, 0.15) is 29.8 Å². The van der Waals surface area contributed by atoms with E-state index in [0.29, 0.717) is 5.02 Å². The van der Waals surface area contributed by atoms with E-state index in [-0.39, 0.29) is 11.9 Å². The molecule has 0 bridgehead atoms. The average Bonchev–Trinajstić information content (AvgIpc) is 2.85. The summed E-state index contributed by atoms with van der Waals surface area (Å²) in [6, 6.07) is 8.69. The second-order valence-electron chi connectivity index (χ2n) is 4.07. The monoisotopic (exact) mass is 283 g/mol. The first-order valence-corrected chi connectivity index (χ1v) is 7.20. The third kappa shape index (κ3) is 3.10. The van der Waals surface area contributed by atoms with Gasteiger partial charge < -0.3 is 5.32 Å². The molecule has 1 N–H and O–H groups in total. The maximum Gasteiger partial charge on any atom is 0.124 e. The summed E-state index contributed by atoms with van der Waals surface area (Å²) < 4.78 is 13.1. The Kier molecular flexibility index (Phi) is 4.75. The molecule has 0 amide bonds. The first-order valence-electron chi connectivity index (χ1n) is 5.94. The summed E-state index contributed by atoms with van der Waals surface area (Å²) in [7, 11) is 0. The molecule has 4 heteroatoms. The lowest BCUT2D eigenvalue weighted by Gasteiger charge is -2.19. The van der Waals surface area contributed by atoms with Crippen LogP contribution in [0.15, 0.2) is 35.7 Å². The van der Waals surface area contributed by atoms with Crippen molar-refractivity contribution in [2.75, 3.05) is 6.54 Å². The van der Waals surface area contributed by atoms with Gasteiger partial charge in [-0.3, -0.25) is 0 Å². The topological polar surface area (TPSA) is 12.0 Å². The molecule has 1 unspecified atom stereocenters. The highest BCUT2D eigenvalue weighted by Crippen LogP contribution is 2.31. The van der Waals surface area contributed by atoms with E-state index in [2.05, 4.69) is 18.3 Å². The Balaban J connectivity index is 2.33. The summed E-state index contributed by atoms with van der Waals surface area (Å²) in [4.78, 5) is 1.19. The SMILES string of the molecule is CCCNC(c1cccs1)c1ccc(F)cc1Cl. The van der Waals surface area contributed by atoms with Gasteiger partial charge in [0.25, 0.3) is 0 Å². The van der Waals surface area contributed by atoms with E-state index >= 15 is 0 Å². The van der Waals surface area contributed by atoms with Crippen molar-refractivity contribution in [2.45, 2.75) is 19.4 Å². The van der Waals surface area contributed by atoms with Crippen molar-refractivity contribution in [3.05, 3.63) is 57.0 Å². The third-order valence-corrected chi connectivity index (χ3v) is 3.96. The van der Waals surface area contributed by atoms with Crippen molar-refractivity contribution < 1.29 is 4.39 Å². The van der Waals surface area contributed by atoms with Crippen molar-refractivity contribution in [3.8, 4) is 0 Å². The van der Waals surface area contributed by atoms with Crippen LogP contribution in [0.3, 0.4) is 0 Å². The predicted molar refractivity (Wildman–Crippen MR) is 75.9 cm³/mol. The molecule has 96 valence electrons. The lowest BCUT2D eigenvalue weighted by atomic mass is 10.0. The van der Waals surface area contributed by atoms with Crippen LogP contribution in [0, 0.1) is 5.82 Å². The molecule has 2 rings (SSSR count). The molecule has 0 saturated heterocycles. The number of rotatable bonds is 5. The minimum Gasteiger partial charge on any atom is -0.306 e. The van der Waals surface area contributed by atoms with E-state index < -0.39 is 0 Å². The second kappa shape index (κ2) is 6.32. The molecule has 1 aromatic heterocycles. The van der Waals surface area contributed by atoms with Crippen LogP contribution in [0.2, 0.25) is 5.02 Å². The highest BCUT2D eigenvalue weighted by atomic mass is 35.5. The first kappa shape index (κ1) is 13.5. The zero-order chi connectivity index (χ0) is 13.0. The molecule has 0 spiro atoms. The zero-order valence-electron chi connectivity index (χ0n) is 10.1. The number of hydrogen-bond acceptors (Lipinski definition) is 2. The maximum atomic E-state index is 13.1. The van der Waals surface area contributed by atoms with Gasteiger partial charge in [-0.25, -0.2) is 4.39 Å². The summed E-state index contributed by atoms with van der Waals surface area (Å²) in [6.45, 7) is 3.01. The van der Waals surface area contributed by atoms with E-state index in [1.807, 2.05) is 11.4 Å². The fourth-order valence-corrected chi connectivity index (χ4v) is 2.94. The van der Waals surface area contributed by atoms with Crippen LogP contribution >= 0.6 is 22.9 Å². The van der Waals surface area contributed by atoms with E-state index in [0.717, 1.165) is 18.5 Å². The fraction of sp³-hybridized carbons (Fsp3) is 0.286. The first-order chi connectivity index (χ1) is 8.72. The van der Waals surface area contributed by atoms with Gasteiger partial charge in [-0.1, -0.05) is 30.7 Å². The molecule has 1 aromatic carbocycles. The molecule has 0 saturated carbocycles.